The first-order valence-electron chi connectivity index (χ1n) is 9.22. The number of tetrazole rings is 1. The zero-order valence-corrected chi connectivity index (χ0v) is 15.2. The van der Waals surface area contributed by atoms with E-state index in [2.05, 4.69) is 25.7 Å². The number of aromatic nitrogens is 7. The van der Waals surface area contributed by atoms with Gasteiger partial charge in [-0.1, -0.05) is 35.5 Å². The van der Waals surface area contributed by atoms with E-state index in [1.165, 1.54) is 4.80 Å². The number of carbonyl (C=O) groups is 1. The molecule has 0 spiro atoms. The molecule has 1 aromatic carbocycles. The predicted molar refractivity (Wildman–Crippen MR) is 97.5 cm³/mol. The highest BCUT2D eigenvalue weighted by molar-refractivity contribution is 5.79. The van der Waals surface area contributed by atoms with Gasteiger partial charge in [0.05, 0.1) is 12.2 Å². The van der Waals surface area contributed by atoms with Crippen molar-refractivity contribution in [2.75, 3.05) is 13.1 Å². The second kappa shape index (κ2) is 7.65. The molecule has 2 atom stereocenters. The van der Waals surface area contributed by atoms with Gasteiger partial charge < -0.3 is 4.90 Å². The first kappa shape index (κ1) is 17.3. The Morgan fingerprint density at radius 1 is 1.15 bits per heavy atom. The molecule has 0 saturated carbocycles. The Bertz CT molecular complexity index is 876. The Morgan fingerprint density at radius 2 is 2.00 bits per heavy atom. The lowest BCUT2D eigenvalue weighted by Crippen LogP contribution is -2.37. The average Bonchev–Trinajstić information content (AvgIpc) is 3.36. The molecule has 140 valence electrons. The van der Waals surface area contributed by atoms with Crippen LogP contribution in [-0.4, -0.2) is 59.1 Å². The van der Waals surface area contributed by atoms with Crippen molar-refractivity contribution in [3.05, 3.63) is 42.7 Å². The van der Waals surface area contributed by atoms with Crippen molar-refractivity contribution in [1.29, 1.82) is 0 Å². The van der Waals surface area contributed by atoms with Gasteiger partial charge in [-0.2, -0.15) is 4.80 Å². The van der Waals surface area contributed by atoms with Gasteiger partial charge in [-0.15, -0.1) is 15.3 Å². The molecule has 3 heterocycles. The molecular weight excluding hydrogens is 344 g/mol. The van der Waals surface area contributed by atoms with Crippen LogP contribution in [0.2, 0.25) is 0 Å². The van der Waals surface area contributed by atoms with Crippen LogP contribution < -0.4 is 0 Å². The van der Waals surface area contributed by atoms with Gasteiger partial charge in [-0.25, -0.2) is 4.68 Å². The molecule has 3 aromatic rings. The first-order valence-corrected chi connectivity index (χ1v) is 9.22. The van der Waals surface area contributed by atoms with Crippen LogP contribution in [-0.2, 0) is 4.79 Å². The van der Waals surface area contributed by atoms with Crippen LogP contribution in [0.1, 0.15) is 38.3 Å². The molecule has 0 N–H and O–H groups in total. The SMILES string of the molecule is CC(C(=O)N1CCCC(n2ccnn2)CC1)n1nnc(-c2ccccc2)n1. The summed E-state index contributed by atoms with van der Waals surface area (Å²) in [7, 11) is 0. The predicted octanol–water partition coefficient (Wildman–Crippen LogP) is 1.75. The van der Waals surface area contributed by atoms with Gasteiger partial charge in [-0.05, 0) is 31.4 Å². The lowest BCUT2D eigenvalue weighted by atomic mass is 10.1. The Kier molecular flexibility index (Phi) is 4.91. The van der Waals surface area contributed by atoms with Crippen molar-refractivity contribution in [1.82, 2.24) is 40.1 Å². The molecule has 1 aliphatic heterocycles. The van der Waals surface area contributed by atoms with E-state index in [4.69, 9.17) is 0 Å². The van der Waals surface area contributed by atoms with Crippen LogP contribution in [0.15, 0.2) is 42.7 Å². The van der Waals surface area contributed by atoms with Gasteiger partial charge >= 0.3 is 0 Å². The van der Waals surface area contributed by atoms with Crippen LogP contribution in [0.4, 0.5) is 0 Å². The number of likely N-dealkylation sites (tertiary alicyclic amines) is 1. The van der Waals surface area contributed by atoms with Gasteiger partial charge in [0.25, 0.3) is 0 Å². The summed E-state index contributed by atoms with van der Waals surface area (Å²) in [5.41, 5.74) is 0.883. The van der Waals surface area contributed by atoms with Gasteiger partial charge in [-0.3, -0.25) is 4.79 Å². The third-order valence-corrected chi connectivity index (χ3v) is 4.99. The molecule has 0 aliphatic carbocycles. The molecule has 4 rings (SSSR count). The quantitative estimate of drug-likeness (QED) is 0.698. The standard InChI is InChI=1S/C18H22N8O/c1-14(26-21-17(20-23-26)15-6-3-2-4-7-15)18(27)24-11-5-8-16(9-12-24)25-13-10-19-22-25/h2-4,6-7,10,13-14,16H,5,8-9,11-12H2,1H3. The fraction of sp³-hybridized carbons (Fsp3) is 0.444. The van der Waals surface area contributed by atoms with Crippen molar-refractivity contribution >= 4 is 5.91 Å². The van der Waals surface area contributed by atoms with E-state index < -0.39 is 6.04 Å². The van der Waals surface area contributed by atoms with Crippen LogP contribution in [0.3, 0.4) is 0 Å². The molecular formula is C18H22N8O. The lowest BCUT2D eigenvalue weighted by Gasteiger charge is -2.23. The summed E-state index contributed by atoms with van der Waals surface area (Å²) in [6, 6.07) is 9.43. The number of carbonyl (C=O) groups excluding carboxylic acids is 1. The molecule has 27 heavy (non-hydrogen) atoms. The molecule has 1 amide bonds. The topological polar surface area (TPSA) is 94.6 Å². The number of hydrogen-bond acceptors (Lipinski definition) is 6. The van der Waals surface area contributed by atoms with Crippen molar-refractivity contribution in [3.8, 4) is 11.4 Å². The number of rotatable bonds is 4. The highest BCUT2D eigenvalue weighted by Crippen LogP contribution is 2.23. The van der Waals surface area contributed by atoms with Gasteiger partial charge in [0.2, 0.25) is 11.7 Å². The zero-order valence-electron chi connectivity index (χ0n) is 15.2. The van der Waals surface area contributed by atoms with Crippen molar-refractivity contribution in [2.24, 2.45) is 0 Å². The maximum absolute atomic E-state index is 13.0. The second-order valence-electron chi connectivity index (χ2n) is 6.77. The fourth-order valence-corrected chi connectivity index (χ4v) is 3.43. The molecule has 0 bridgehead atoms. The van der Waals surface area contributed by atoms with E-state index >= 15 is 0 Å². The summed E-state index contributed by atoms with van der Waals surface area (Å²) in [6.45, 7) is 3.24. The molecule has 9 nitrogen and oxygen atoms in total. The van der Waals surface area contributed by atoms with E-state index in [1.807, 2.05) is 53.0 Å². The fourth-order valence-electron chi connectivity index (χ4n) is 3.43. The van der Waals surface area contributed by atoms with Gasteiger partial charge in [0.1, 0.15) is 6.04 Å². The largest absolute Gasteiger partial charge is 0.341 e. The monoisotopic (exact) mass is 366 g/mol. The second-order valence-corrected chi connectivity index (χ2v) is 6.77. The first-order chi connectivity index (χ1) is 13.2. The number of hydrogen-bond donors (Lipinski definition) is 0. The molecule has 9 heteroatoms. The molecule has 1 fully saturated rings. The van der Waals surface area contributed by atoms with Gasteiger partial charge in [0, 0.05) is 24.8 Å². The van der Waals surface area contributed by atoms with Crippen LogP contribution in [0, 0.1) is 0 Å². The van der Waals surface area contributed by atoms with Crippen molar-refractivity contribution in [3.63, 3.8) is 0 Å². The molecule has 2 aromatic heterocycles. The Hall–Kier alpha value is -3.10. The smallest absolute Gasteiger partial charge is 0.249 e. The van der Waals surface area contributed by atoms with E-state index in [1.54, 1.807) is 6.20 Å². The average molecular weight is 366 g/mol. The number of nitrogens with zero attached hydrogens (tertiary/aromatic N) is 8. The molecule has 1 aliphatic rings. The zero-order chi connectivity index (χ0) is 18.6. The third-order valence-electron chi connectivity index (χ3n) is 4.99. The van der Waals surface area contributed by atoms with Gasteiger partial charge in [0.15, 0.2) is 0 Å². The maximum atomic E-state index is 13.0. The van der Waals surface area contributed by atoms with Crippen LogP contribution >= 0.6 is 0 Å². The Morgan fingerprint density at radius 3 is 2.78 bits per heavy atom. The van der Waals surface area contributed by atoms with Crippen LogP contribution in [0.5, 0.6) is 0 Å². The summed E-state index contributed by atoms with van der Waals surface area (Å²) in [4.78, 5) is 16.3. The summed E-state index contributed by atoms with van der Waals surface area (Å²) in [5.74, 6) is 0.545. The summed E-state index contributed by atoms with van der Waals surface area (Å²) in [5, 5.41) is 20.6. The van der Waals surface area contributed by atoms with Crippen molar-refractivity contribution in [2.45, 2.75) is 38.3 Å². The number of benzene rings is 1. The molecule has 1 saturated heterocycles. The highest BCUT2D eigenvalue weighted by Gasteiger charge is 2.27. The third kappa shape index (κ3) is 3.71. The lowest BCUT2D eigenvalue weighted by molar-refractivity contribution is -0.134. The minimum Gasteiger partial charge on any atom is -0.341 e. The summed E-state index contributed by atoms with van der Waals surface area (Å²) < 4.78 is 1.89. The van der Waals surface area contributed by atoms with Crippen LogP contribution in [0.25, 0.3) is 11.4 Å². The van der Waals surface area contributed by atoms with Crippen molar-refractivity contribution < 1.29 is 4.79 Å². The molecule has 0 radical (unpaired) electrons. The normalized spacial score (nSPS) is 18.9. The van der Waals surface area contributed by atoms with E-state index in [0.717, 1.165) is 31.4 Å². The Balaban J connectivity index is 1.42. The van der Waals surface area contributed by atoms with E-state index in [-0.39, 0.29) is 11.9 Å². The molecule has 2 unspecified atom stereocenters. The minimum absolute atomic E-state index is 0.0197. The maximum Gasteiger partial charge on any atom is 0.249 e. The Labute approximate surface area is 157 Å². The highest BCUT2D eigenvalue weighted by atomic mass is 16.2. The van der Waals surface area contributed by atoms with E-state index in [0.29, 0.717) is 12.4 Å². The minimum atomic E-state index is -0.488. The number of amides is 1. The summed E-state index contributed by atoms with van der Waals surface area (Å²) >= 11 is 0. The van der Waals surface area contributed by atoms with E-state index in [9.17, 15) is 4.79 Å². The summed E-state index contributed by atoms with van der Waals surface area (Å²) in [6.07, 6.45) is 6.36.